The highest BCUT2D eigenvalue weighted by molar-refractivity contribution is 5.76. The number of carbonyl (C=O) groups excluding carboxylic acids is 1. The second-order valence-corrected chi connectivity index (χ2v) is 7.20. The third-order valence-electron chi connectivity index (χ3n) is 4.86. The van der Waals surface area contributed by atoms with E-state index in [-0.39, 0.29) is 0 Å². The number of hydrogen-bond donors (Lipinski definition) is 1. The predicted molar refractivity (Wildman–Crippen MR) is 110 cm³/mol. The maximum atomic E-state index is 10.5. The standard InChI is InChI=1S/C23H38NO/c1-2-3-4-5-6-7-8-9-10-11-12-13-14-15-20-24-23-18-16-22(21-25)17-19-23/h16-19,24H,2-15,20H2,1H3. The first-order chi connectivity index (χ1) is 12.4. The van der Waals surface area contributed by atoms with Crippen LogP contribution in [0.15, 0.2) is 24.3 Å². The number of benzene rings is 1. The molecule has 0 aliphatic carbocycles. The van der Waals surface area contributed by atoms with Crippen molar-refractivity contribution in [1.29, 1.82) is 0 Å². The van der Waals surface area contributed by atoms with Gasteiger partial charge in [0.1, 0.15) is 0 Å². The van der Waals surface area contributed by atoms with E-state index in [1.54, 1.807) is 12.1 Å². The zero-order valence-electron chi connectivity index (χ0n) is 16.3. The summed E-state index contributed by atoms with van der Waals surface area (Å²) in [5, 5.41) is 3.41. The Hall–Kier alpha value is -1.31. The van der Waals surface area contributed by atoms with Crippen molar-refractivity contribution in [3.63, 3.8) is 0 Å². The summed E-state index contributed by atoms with van der Waals surface area (Å²) in [4.78, 5) is 10.5. The van der Waals surface area contributed by atoms with Crippen molar-refractivity contribution in [3.8, 4) is 0 Å². The Bertz CT molecular complexity index is 413. The summed E-state index contributed by atoms with van der Waals surface area (Å²) in [6.07, 6.45) is 21.4. The molecule has 1 rings (SSSR count). The minimum Gasteiger partial charge on any atom is -0.385 e. The molecule has 0 unspecified atom stereocenters. The Kier molecular flexibility index (Phi) is 14.1. The molecule has 0 saturated carbocycles. The van der Waals surface area contributed by atoms with Crippen LogP contribution in [0.5, 0.6) is 0 Å². The summed E-state index contributed by atoms with van der Waals surface area (Å²) in [5.41, 5.74) is 1.70. The SMILES string of the molecule is CCCCCCCCCCCCCCCCNc1ccc([C]=O)cc1. The van der Waals surface area contributed by atoms with Gasteiger partial charge in [-0.2, -0.15) is 0 Å². The van der Waals surface area contributed by atoms with Crippen molar-refractivity contribution in [2.75, 3.05) is 11.9 Å². The molecule has 2 nitrogen and oxygen atoms in total. The molecular formula is C23H38NO. The van der Waals surface area contributed by atoms with Crippen LogP contribution in [0.2, 0.25) is 0 Å². The third kappa shape index (κ3) is 12.7. The van der Waals surface area contributed by atoms with Gasteiger partial charge >= 0.3 is 0 Å². The van der Waals surface area contributed by atoms with Crippen molar-refractivity contribution in [1.82, 2.24) is 0 Å². The van der Waals surface area contributed by atoms with E-state index in [9.17, 15) is 4.79 Å². The molecule has 0 bridgehead atoms. The highest BCUT2D eigenvalue weighted by Gasteiger charge is 1.96. The minimum absolute atomic E-state index is 0.613. The lowest BCUT2D eigenvalue weighted by Crippen LogP contribution is -2.01. The fourth-order valence-corrected chi connectivity index (χ4v) is 3.21. The lowest BCUT2D eigenvalue weighted by Gasteiger charge is -2.06. The zero-order chi connectivity index (χ0) is 18.0. The monoisotopic (exact) mass is 344 g/mol. The fraction of sp³-hybridized carbons (Fsp3) is 0.696. The van der Waals surface area contributed by atoms with Crippen LogP contribution in [0.25, 0.3) is 0 Å². The maximum Gasteiger partial charge on any atom is 0.233 e. The van der Waals surface area contributed by atoms with Crippen LogP contribution in [0.1, 0.15) is 102 Å². The van der Waals surface area contributed by atoms with E-state index in [0.29, 0.717) is 5.56 Å². The largest absolute Gasteiger partial charge is 0.385 e. The van der Waals surface area contributed by atoms with Crippen molar-refractivity contribution >= 4 is 12.0 Å². The molecule has 1 aromatic carbocycles. The molecule has 25 heavy (non-hydrogen) atoms. The summed E-state index contributed by atoms with van der Waals surface area (Å²) in [6, 6.07) is 7.51. The van der Waals surface area contributed by atoms with Gasteiger partial charge in [-0.15, -0.1) is 0 Å². The average molecular weight is 345 g/mol. The Morgan fingerprint density at radius 3 is 1.56 bits per heavy atom. The predicted octanol–water partition coefficient (Wildman–Crippen LogP) is 7.04. The summed E-state index contributed by atoms with van der Waals surface area (Å²) in [6.45, 7) is 3.30. The molecule has 0 aliphatic rings. The second-order valence-electron chi connectivity index (χ2n) is 7.20. The van der Waals surface area contributed by atoms with E-state index in [2.05, 4.69) is 12.2 Å². The molecule has 0 fully saturated rings. The highest BCUT2D eigenvalue weighted by atomic mass is 16.1. The number of anilines is 1. The van der Waals surface area contributed by atoms with E-state index in [1.165, 1.54) is 89.9 Å². The molecule has 0 aliphatic heterocycles. The van der Waals surface area contributed by atoms with Crippen LogP contribution in [0, 0.1) is 0 Å². The van der Waals surface area contributed by atoms with Gasteiger partial charge in [-0.3, -0.25) is 4.79 Å². The molecule has 0 amide bonds. The van der Waals surface area contributed by atoms with Gasteiger partial charge in [-0.05, 0) is 30.7 Å². The van der Waals surface area contributed by atoms with Crippen LogP contribution in [-0.4, -0.2) is 12.8 Å². The number of hydrogen-bond acceptors (Lipinski definition) is 2. The van der Waals surface area contributed by atoms with Crippen LogP contribution in [-0.2, 0) is 4.79 Å². The van der Waals surface area contributed by atoms with Gasteiger partial charge in [0.25, 0.3) is 0 Å². The van der Waals surface area contributed by atoms with Gasteiger partial charge in [-0.1, -0.05) is 90.4 Å². The molecule has 0 spiro atoms. The van der Waals surface area contributed by atoms with E-state index < -0.39 is 0 Å². The molecule has 0 atom stereocenters. The Labute approximate surface area is 155 Å². The summed E-state index contributed by atoms with van der Waals surface area (Å²) >= 11 is 0. The molecule has 1 N–H and O–H groups in total. The fourth-order valence-electron chi connectivity index (χ4n) is 3.21. The maximum absolute atomic E-state index is 10.5. The smallest absolute Gasteiger partial charge is 0.233 e. The van der Waals surface area contributed by atoms with Crippen LogP contribution in [0.4, 0.5) is 5.69 Å². The van der Waals surface area contributed by atoms with Crippen molar-refractivity contribution < 1.29 is 4.79 Å². The lowest BCUT2D eigenvalue weighted by atomic mass is 10.0. The van der Waals surface area contributed by atoms with Crippen molar-refractivity contribution in [2.45, 2.75) is 96.8 Å². The van der Waals surface area contributed by atoms with E-state index in [0.717, 1.165) is 12.2 Å². The quantitative estimate of drug-likeness (QED) is 0.307. The summed E-state index contributed by atoms with van der Waals surface area (Å²) in [7, 11) is 0. The van der Waals surface area contributed by atoms with Gasteiger partial charge in [0.05, 0.1) is 0 Å². The number of unbranched alkanes of at least 4 members (excludes halogenated alkanes) is 13. The van der Waals surface area contributed by atoms with E-state index in [4.69, 9.17) is 0 Å². The van der Waals surface area contributed by atoms with Gasteiger partial charge in [0.15, 0.2) is 0 Å². The average Bonchev–Trinajstić information content (AvgIpc) is 2.65. The molecular weight excluding hydrogens is 306 g/mol. The van der Waals surface area contributed by atoms with Crippen LogP contribution < -0.4 is 5.32 Å². The Morgan fingerprint density at radius 2 is 1.12 bits per heavy atom. The first-order valence-corrected chi connectivity index (χ1v) is 10.6. The second kappa shape index (κ2) is 16.2. The van der Waals surface area contributed by atoms with Gasteiger partial charge in [0.2, 0.25) is 6.29 Å². The Balaban J connectivity index is 1.79. The first-order valence-electron chi connectivity index (χ1n) is 10.6. The zero-order valence-corrected chi connectivity index (χ0v) is 16.3. The summed E-state index contributed by atoms with van der Waals surface area (Å²) in [5.74, 6) is 0. The van der Waals surface area contributed by atoms with Crippen molar-refractivity contribution in [2.24, 2.45) is 0 Å². The third-order valence-corrected chi connectivity index (χ3v) is 4.86. The van der Waals surface area contributed by atoms with Gasteiger partial charge in [0, 0.05) is 17.8 Å². The minimum atomic E-state index is 0.613. The lowest BCUT2D eigenvalue weighted by molar-refractivity contribution is 0.537. The highest BCUT2D eigenvalue weighted by Crippen LogP contribution is 2.13. The molecule has 0 aromatic heterocycles. The van der Waals surface area contributed by atoms with E-state index >= 15 is 0 Å². The molecule has 0 heterocycles. The molecule has 1 radical (unpaired) electrons. The van der Waals surface area contributed by atoms with Gasteiger partial charge in [-0.25, -0.2) is 0 Å². The normalized spacial score (nSPS) is 10.8. The van der Waals surface area contributed by atoms with Gasteiger partial charge < -0.3 is 5.32 Å². The number of rotatable bonds is 17. The van der Waals surface area contributed by atoms with Crippen LogP contribution in [0.3, 0.4) is 0 Å². The molecule has 0 saturated heterocycles. The first kappa shape index (κ1) is 21.7. The molecule has 1 aromatic rings. The number of nitrogens with one attached hydrogen (secondary N) is 1. The topological polar surface area (TPSA) is 29.1 Å². The molecule has 141 valence electrons. The van der Waals surface area contributed by atoms with E-state index in [1.807, 2.05) is 18.4 Å². The van der Waals surface area contributed by atoms with Crippen molar-refractivity contribution in [3.05, 3.63) is 29.8 Å². The van der Waals surface area contributed by atoms with Crippen LogP contribution >= 0.6 is 0 Å². The molecule has 2 heteroatoms. The summed E-state index contributed by atoms with van der Waals surface area (Å²) < 4.78 is 0. The Morgan fingerprint density at radius 1 is 0.680 bits per heavy atom.